The average molecular weight is 473 g/mol. The number of aromatic nitrogens is 2. The van der Waals surface area contributed by atoms with Crippen molar-refractivity contribution in [3.8, 4) is 22.9 Å². The number of halogens is 3. The number of nitrogens with one attached hydrogen (secondary N) is 1. The van der Waals surface area contributed by atoms with Gasteiger partial charge in [0.2, 0.25) is 0 Å². The van der Waals surface area contributed by atoms with Gasteiger partial charge in [0, 0.05) is 30.8 Å². The van der Waals surface area contributed by atoms with Crippen molar-refractivity contribution in [2.24, 2.45) is 0 Å². The SMILES string of the molecule is CCOc1ccc(CN2CCc3c(nc(-c4ccc(C(F)(F)F)cc4)[nH]c3=O)C2)cc1OCC. The van der Waals surface area contributed by atoms with Crippen LogP contribution in [0.15, 0.2) is 47.3 Å². The molecule has 0 atom stereocenters. The van der Waals surface area contributed by atoms with E-state index >= 15 is 0 Å². The molecule has 0 saturated heterocycles. The summed E-state index contributed by atoms with van der Waals surface area (Å²) in [5.74, 6) is 1.66. The molecular weight excluding hydrogens is 447 g/mol. The van der Waals surface area contributed by atoms with Crippen molar-refractivity contribution in [3.63, 3.8) is 0 Å². The highest BCUT2D eigenvalue weighted by molar-refractivity contribution is 5.56. The highest BCUT2D eigenvalue weighted by atomic mass is 19.4. The fourth-order valence-electron chi connectivity index (χ4n) is 4.03. The Morgan fingerprint density at radius 1 is 1.03 bits per heavy atom. The second-order valence-corrected chi connectivity index (χ2v) is 8.02. The summed E-state index contributed by atoms with van der Waals surface area (Å²) in [5.41, 5.74) is 1.74. The number of hydrogen-bond acceptors (Lipinski definition) is 5. The zero-order valence-corrected chi connectivity index (χ0v) is 19.0. The predicted molar refractivity (Wildman–Crippen MR) is 122 cm³/mol. The average Bonchev–Trinajstić information content (AvgIpc) is 2.80. The molecule has 0 amide bonds. The van der Waals surface area contributed by atoms with Gasteiger partial charge in [0.1, 0.15) is 5.82 Å². The molecule has 0 fully saturated rings. The van der Waals surface area contributed by atoms with Crippen LogP contribution in [0.1, 0.15) is 36.2 Å². The molecule has 180 valence electrons. The number of rotatable bonds is 7. The lowest BCUT2D eigenvalue weighted by molar-refractivity contribution is -0.137. The smallest absolute Gasteiger partial charge is 0.416 e. The number of nitrogens with zero attached hydrogens (tertiary/aromatic N) is 2. The van der Waals surface area contributed by atoms with Crippen LogP contribution >= 0.6 is 0 Å². The van der Waals surface area contributed by atoms with Gasteiger partial charge in [0.15, 0.2) is 11.5 Å². The second kappa shape index (κ2) is 9.89. The van der Waals surface area contributed by atoms with Crippen molar-refractivity contribution in [3.05, 3.63) is 75.2 Å². The first kappa shape index (κ1) is 23.8. The van der Waals surface area contributed by atoms with Crippen molar-refractivity contribution in [1.82, 2.24) is 14.9 Å². The maximum Gasteiger partial charge on any atom is 0.416 e. The van der Waals surface area contributed by atoms with E-state index in [2.05, 4.69) is 14.9 Å². The summed E-state index contributed by atoms with van der Waals surface area (Å²) in [6, 6.07) is 10.5. The molecule has 0 unspecified atom stereocenters. The van der Waals surface area contributed by atoms with E-state index in [4.69, 9.17) is 9.47 Å². The second-order valence-electron chi connectivity index (χ2n) is 8.02. The van der Waals surface area contributed by atoms with Crippen LogP contribution in [0.4, 0.5) is 13.2 Å². The summed E-state index contributed by atoms with van der Waals surface area (Å²) < 4.78 is 49.9. The van der Waals surface area contributed by atoms with Gasteiger partial charge in [-0.3, -0.25) is 9.69 Å². The van der Waals surface area contributed by atoms with Crippen LogP contribution in [0.5, 0.6) is 11.5 Å². The van der Waals surface area contributed by atoms with Crippen LogP contribution in [0, 0.1) is 0 Å². The first-order valence-corrected chi connectivity index (χ1v) is 11.2. The molecule has 2 aromatic carbocycles. The Morgan fingerprint density at radius 2 is 1.74 bits per heavy atom. The van der Waals surface area contributed by atoms with Gasteiger partial charge in [-0.2, -0.15) is 13.2 Å². The van der Waals surface area contributed by atoms with E-state index in [1.807, 2.05) is 32.0 Å². The number of alkyl halides is 3. The van der Waals surface area contributed by atoms with Crippen LogP contribution in [-0.2, 0) is 25.7 Å². The lowest BCUT2D eigenvalue weighted by Gasteiger charge is -2.28. The van der Waals surface area contributed by atoms with Gasteiger partial charge >= 0.3 is 6.18 Å². The Morgan fingerprint density at radius 3 is 2.41 bits per heavy atom. The van der Waals surface area contributed by atoms with E-state index in [9.17, 15) is 18.0 Å². The van der Waals surface area contributed by atoms with E-state index in [1.165, 1.54) is 12.1 Å². The fraction of sp³-hybridized carbons (Fsp3) is 0.360. The van der Waals surface area contributed by atoms with Crippen molar-refractivity contribution in [2.75, 3.05) is 19.8 Å². The number of fused-ring (bicyclic) bond motifs is 1. The number of aromatic amines is 1. The van der Waals surface area contributed by atoms with E-state index < -0.39 is 11.7 Å². The number of hydrogen-bond donors (Lipinski definition) is 1. The fourth-order valence-corrected chi connectivity index (χ4v) is 4.03. The molecule has 1 aliphatic rings. The number of ether oxygens (including phenoxy) is 2. The van der Waals surface area contributed by atoms with Gasteiger partial charge in [-0.15, -0.1) is 0 Å². The zero-order chi connectivity index (χ0) is 24.3. The lowest BCUT2D eigenvalue weighted by Crippen LogP contribution is -2.35. The molecule has 0 spiro atoms. The topological polar surface area (TPSA) is 67.5 Å². The van der Waals surface area contributed by atoms with Gasteiger partial charge < -0.3 is 14.5 Å². The highest BCUT2D eigenvalue weighted by Gasteiger charge is 2.30. The molecule has 6 nitrogen and oxygen atoms in total. The third-order valence-electron chi connectivity index (χ3n) is 5.65. The molecule has 0 aliphatic carbocycles. The predicted octanol–water partition coefficient (Wildman–Crippen LogP) is 4.81. The summed E-state index contributed by atoms with van der Waals surface area (Å²) in [5, 5.41) is 0. The third-order valence-corrected chi connectivity index (χ3v) is 5.65. The van der Waals surface area contributed by atoms with Gasteiger partial charge in [-0.1, -0.05) is 18.2 Å². The van der Waals surface area contributed by atoms with Gasteiger partial charge in [0.05, 0.1) is 24.5 Å². The van der Waals surface area contributed by atoms with E-state index in [1.54, 1.807) is 0 Å². The van der Waals surface area contributed by atoms with Crippen LogP contribution in [0.25, 0.3) is 11.4 Å². The molecule has 34 heavy (non-hydrogen) atoms. The summed E-state index contributed by atoms with van der Waals surface area (Å²) in [4.78, 5) is 22.1. The van der Waals surface area contributed by atoms with Crippen LogP contribution in [0.3, 0.4) is 0 Å². The quantitative estimate of drug-likeness (QED) is 0.533. The summed E-state index contributed by atoms with van der Waals surface area (Å²) >= 11 is 0. The molecule has 1 aromatic heterocycles. The summed E-state index contributed by atoms with van der Waals surface area (Å²) in [7, 11) is 0. The van der Waals surface area contributed by atoms with Crippen LogP contribution in [0.2, 0.25) is 0 Å². The molecule has 2 heterocycles. The Kier molecular flexibility index (Phi) is 6.92. The molecule has 9 heteroatoms. The first-order chi connectivity index (χ1) is 16.3. The maximum atomic E-state index is 12.9. The molecule has 4 rings (SSSR count). The number of benzene rings is 2. The normalized spacial score (nSPS) is 14.0. The Hall–Kier alpha value is -3.33. The minimum absolute atomic E-state index is 0.251. The van der Waals surface area contributed by atoms with E-state index in [-0.39, 0.29) is 11.4 Å². The molecule has 0 bridgehead atoms. The van der Waals surface area contributed by atoms with Crippen LogP contribution < -0.4 is 15.0 Å². The van der Waals surface area contributed by atoms with E-state index in [0.717, 1.165) is 17.7 Å². The Labute approximate surface area is 195 Å². The number of H-pyrrole nitrogens is 1. The van der Waals surface area contributed by atoms with Crippen LogP contribution in [-0.4, -0.2) is 34.6 Å². The van der Waals surface area contributed by atoms with E-state index in [0.29, 0.717) is 67.6 Å². The van der Waals surface area contributed by atoms with Crippen molar-refractivity contribution >= 4 is 0 Å². The zero-order valence-electron chi connectivity index (χ0n) is 19.0. The molecule has 0 radical (unpaired) electrons. The standard InChI is InChI=1S/C25H26F3N3O3/c1-3-33-21-10-5-16(13-22(21)34-4-2)14-31-12-11-19-20(15-31)29-23(30-24(19)32)17-6-8-18(9-7-17)25(26,27)28/h5-10,13H,3-4,11-12,14-15H2,1-2H3,(H,29,30,32). The van der Waals surface area contributed by atoms with Crippen molar-refractivity contribution < 1.29 is 22.6 Å². The monoisotopic (exact) mass is 473 g/mol. The summed E-state index contributed by atoms with van der Waals surface area (Å²) in [6.07, 6.45) is -3.88. The maximum absolute atomic E-state index is 12.9. The van der Waals surface area contributed by atoms with Gasteiger partial charge in [0.25, 0.3) is 5.56 Å². The summed E-state index contributed by atoms with van der Waals surface area (Å²) in [6.45, 7) is 6.70. The first-order valence-electron chi connectivity index (χ1n) is 11.2. The molecule has 0 saturated carbocycles. The van der Waals surface area contributed by atoms with Gasteiger partial charge in [-0.25, -0.2) is 4.98 Å². The minimum atomic E-state index is -4.42. The van der Waals surface area contributed by atoms with Crippen molar-refractivity contribution in [1.29, 1.82) is 0 Å². The Bertz CT molecular complexity index is 1210. The molecular formula is C25H26F3N3O3. The lowest BCUT2D eigenvalue weighted by atomic mass is 10.0. The van der Waals surface area contributed by atoms with Gasteiger partial charge in [-0.05, 0) is 50.1 Å². The van der Waals surface area contributed by atoms with Crippen molar-refractivity contribution in [2.45, 2.75) is 39.5 Å². The highest BCUT2D eigenvalue weighted by Crippen LogP contribution is 2.31. The molecule has 1 aliphatic heterocycles. The third kappa shape index (κ3) is 5.25. The molecule has 1 N–H and O–H groups in total. The largest absolute Gasteiger partial charge is 0.490 e. The molecule has 3 aromatic rings. The minimum Gasteiger partial charge on any atom is -0.490 e. The Balaban J connectivity index is 1.55.